The average molecular weight is 395 g/mol. The van der Waals surface area contributed by atoms with Gasteiger partial charge in [-0.2, -0.15) is 0 Å². The topological polar surface area (TPSA) is 47.2 Å². The van der Waals surface area contributed by atoms with Gasteiger partial charge in [0.05, 0.1) is 11.0 Å². The summed E-state index contributed by atoms with van der Waals surface area (Å²) in [5.74, 6) is -0.320. The summed E-state index contributed by atoms with van der Waals surface area (Å²) in [6.45, 7) is 3.30. The van der Waals surface area contributed by atoms with Gasteiger partial charge in [0.15, 0.2) is 0 Å². The highest BCUT2D eigenvalue weighted by atomic mass is 19.1. The molecule has 6 heteroatoms. The molecule has 1 amide bonds. The molecule has 0 N–H and O–H groups in total. The summed E-state index contributed by atoms with van der Waals surface area (Å²) < 4.78 is 17.5. The van der Waals surface area contributed by atoms with E-state index in [0.29, 0.717) is 18.7 Å². The second-order valence-corrected chi connectivity index (χ2v) is 7.67. The Bertz CT molecular complexity index is 1080. The Labute approximate surface area is 169 Å². The molecule has 0 bridgehead atoms. The fraction of sp³-hybridized carbons (Fsp3) is 0.391. The quantitative estimate of drug-likeness (QED) is 0.580. The van der Waals surface area contributed by atoms with Crippen molar-refractivity contribution in [1.82, 2.24) is 14.0 Å². The first-order valence-corrected chi connectivity index (χ1v) is 10.3. The zero-order valence-corrected chi connectivity index (χ0v) is 16.7. The van der Waals surface area contributed by atoms with E-state index >= 15 is 0 Å². The molecule has 1 fully saturated rings. The lowest BCUT2D eigenvalue weighted by Crippen LogP contribution is -2.34. The third-order valence-electron chi connectivity index (χ3n) is 5.53. The van der Waals surface area contributed by atoms with Crippen LogP contribution in [0.25, 0.3) is 11.0 Å². The molecular weight excluding hydrogens is 369 g/mol. The summed E-state index contributed by atoms with van der Waals surface area (Å²) >= 11 is 0. The van der Waals surface area contributed by atoms with Gasteiger partial charge < -0.3 is 4.90 Å². The van der Waals surface area contributed by atoms with Crippen LogP contribution in [0.5, 0.6) is 0 Å². The number of aryl methyl sites for hydroxylation is 2. The number of fused-ring (bicyclic) bond motifs is 1. The molecule has 0 atom stereocenters. The number of benzene rings is 2. The van der Waals surface area contributed by atoms with E-state index in [-0.39, 0.29) is 36.4 Å². The average Bonchev–Trinajstić information content (AvgIpc) is 3.53. The summed E-state index contributed by atoms with van der Waals surface area (Å²) in [4.78, 5) is 27.6. The molecule has 5 nitrogen and oxygen atoms in total. The summed E-state index contributed by atoms with van der Waals surface area (Å²) in [6.07, 6.45) is 3.00. The van der Waals surface area contributed by atoms with E-state index in [9.17, 15) is 14.0 Å². The second kappa shape index (κ2) is 8.23. The molecule has 0 spiro atoms. The molecular formula is C23H26FN3O2. The zero-order valence-electron chi connectivity index (χ0n) is 16.7. The Balaban J connectivity index is 1.54. The van der Waals surface area contributed by atoms with E-state index in [1.165, 1.54) is 6.07 Å². The monoisotopic (exact) mass is 395 g/mol. The largest absolute Gasteiger partial charge is 0.335 e. The number of hydrogen-bond donors (Lipinski definition) is 0. The molecule has 0 unspecified atom stereocenters. The summed E-state index contributed by atoms with van der Waals surface area (Å²) in [5, 5.41) is 0. The molecule has 1 aliphatic carbocycles. The van der Waals surface area contributed by atoms with Crippen molar-refractivity contribution in [3.63, 3.8) is 0 Å². The van der Waals surface area contributed by atoms with Crippen LogP contribution in [0.15, 0.2) is 53.3 Å². The van der Waals surface area contributed by atoms with Crippen LogP contribution in [0.1, 0.15) is 38.2 Å². The third-order valence-corrected chi connectivity index (χ3v) is 5.53. The van der Waals surface area contributed by atoms with Crippen molar-refractivity contribution in [3.8, 4) is 0 Å². The van der Waals surface area contributed by atoms with Crippen LogP contribution in [0.4, 0.5) is 4.39 Å². The van der Waals surface area contributed by atoms with E-state index in [1.807, 2.05) is 31.2 Å². The Kier molecular flexibility index (Phi) is 5.51. The van der Waals surface area contributed by atoms with Crippen LogP contribution in [0, 0.1) is 5.82 Å². The van der Waals surface area contributed by atoms with E-state index in [2.05, 4.69) is 0 Å². The number of nitrogens with zero attached hydrogens (tertiary/aromatic N) is 3. The summed E-state index contributed by atoms with van der Waals surface area (Å²) in [5.41, 5.74) is 2.21. The molecule has 0 radical (unpaired) electrons. The molecule has 29 heavy (non-hydrogen) atoms. The maximum Gasteiger partial charge on any atom is 0.329 e. The molecule has 4 rings (SSSR count). The van der Waals surface area contributed by atoms with Crippen molar-refractivity contribution in [2.75, 3.05) is 0 Å². The van der Waals surface area contributed by atoms with Crippen molar-refractivity contribution in [2.45, 2.75) is 58.3 Å². The SMILES string of the molecule is CCCn1c(=O)n(CCC(=O)N(Cc2ccccc2F)C2CC2)c2ccccc21. The highest BCUT2D eigenvalue weighted by Crippen LogP contribution is 2.29. The van der Waals surface area contributed by atoms with Crippen LogP contribution >= 0.6 is 0 Å². The van der Waals surface area contributed by atoms with Gasteiger partial charge in [0.25, 0.3) is 0 Å². The first-order valence-electron chi connectivity index (χ1n) is 10.3. The molecule has 152 valence electrons. The molecule has 0 aliphatic heterocycles. The van der Waals surface area contributed by atoms with Crippen molar-refractivity contribution in [2.24, 2.45) is 0 Å². The highest BCUT2D eigenvalue weighted by Gasteiger charge is 2.32. The number of hydrogen-bond acceptors (Lipinski definition) is 2. The fourth-order valence-electron chi connectivity index (χ4n) is 3.90. The maximum atomic E-state index is 14.1. The predicted molar refractivity (Wildman–Crippen MR) is 111 cm³/mol. The number of aromatic nitrogens is 2. The first-order chi connectivity index (χ1) is 14.1. The number of carbonyl (C=O) groups excluding carboxylic acids is 1. The van der Waals surface area contributed by atoms with Crippen LogP contribution in [0.2, 0.25) is 0 Å². The predicted octanol–water partition coefficient (Wildman–Crippen LogP) is 3.93. The van der Waals surface area contributed by atoms with Gasteiger partial charge in [-0.1, -0.05) is 37.3 Å². The number of carbonyl (C=O) groups is 1. The van der Waals surface area contributed by atoms with Crippen LogP contribution < -0.4 is 5.69 Å². The van der Waals surface area contributed by atoms with E-state index in [1.54, 1.807) is 32.2 Å². The Morgan fingerprint density at radius 2 is 1.66 bits per heavy atom. The minimum absolute atomic E-state index is 0.0324. The van der Waals surface area contributed by atoms with Crippen LogP contribution in [-0.2, 0) is 24.4 Å². The van der Waals surface area contributed by atoms with Gasteiger partial charge in [-0.05, 0) is 37.5 Å². The van der Waals surface area contributed by atoms with Crippen molar-refractivity contribution < 1.29 is 9.18 Å². The summed E-state index contributed by atoms with van der Waals surface area (Å²) in [6, 6.07) is 14.5. The number of halogens is 1. The minimum Gasteiger partial charge on any atom is -0.335 e. The lowest BCUT2D eigenvalue weighted by Gasteiger charge is -2.23. The van der Waals surface area contributed by atoms with Crippen LogP contribution in [-0.4, -0.2) is 26.0 Å². The zero-order chi connectivity index (χ0) is 20.4. The number of imidazole rings is 1. The number of amides is 1. The maximum absolute atomic E-state index is 14.1. The van der Waals surface area contributed by atoms with Gasteiger partial charge in [-0.25, -0.2) is 9.18 Å². The molecule has 1 aromatic heterocycles. The van der Waals surface area contributed by atoms with E-state index in [0.717, 1.165) is 30.3 Å². The standard InChI is InChI=1S/C23H26FN3O2/c1-2-14-25-20-9-5-6-10-21(20)26(23(25)29)15-13-22(28)27(18-11-12-18)16-17-7-3-4-8-19(17)24/h3-10,18H,2,11-16H2,1H3. The van der Waals surface area contributed by atoms with Gasteiger partial charge in [0.2, 0.25) is 5.91 Å². The third kappa shape index (κ3) is 3.97. The van der Waals surface area contributed by atoms with Crippen molar-refractivity contribution >= 4 is 16.9 Å². The lowest BCUT2D eigenvalue weighted by atomic mass is 10.2. The smallest absolute Gasteiger partial charge is 0.329 e. The highest BCUT2D eigenvalue weighted by molar-refractivity contribution is 5.78. The fourth-order valence-corrected chi connectivity index (χ4v) is 3.90. The Morgan fingerprint density at radius 1 is 1.03 bits per heavy atom. The van der Waals surface area contributed by atoms with Crippen molar-refractivity contribution in [3.05, 3.63) is 70.4 Å². The second-order valence-electron chi connectivity index (χ2n) is 7.67. The number of rotatable bonds is 8. The minimum atomic E-state index is -0.287. The number of para-hydroxylation sites is 2. The Hall–Kier alpha value is -2.89. The summed E-state index contributed by atoms with van der Waals surface area (Å²) in [7, 11) is 0. The van der Waals surface area contributed by atoms with Crippen molar-refractivity contribution in [1.29, 1.82) is 0 Å². The van der Waals surface area contributed by atoms with Gasteiger partial charge >= 0.3 is 5.69 Å². The molecule has 1 heterocycles. The van der Waals surface area contributed by atoms with Gasteiger partial charge in [0.1, 0.15) is 5.82 Å². The van der Waals surface area contributed by atoms with Gasteiger partial charge in [0, 0.05) is 37.7 Å². The molecule has 2 aromatic carbocycles. The molecule has 3 aromatic rings. The van der Waals surface area contributed by atoms with Gasteiger partial charge in [-0.3, -0.25) is 13.9 Å². The van der Waals surface area contributed by atoms with E-state index < -0.39 is 0 Å². The first kappa shape index (κ1) is 19.4. The van der Waals surface area contributed by atoms with Gasteiger partial charge in [-0.15, -0.1) is 0 Å². The van der Waals surface area contributed by atoms with Crippen LogP contribution in [0.3, 0.4) is 0 Å². The molecule has 1 saturated carbocycles. The Morgan fingerprint density at radius 3 is 2.28 bits per heavy atom. The normalized spacial score (nSPS) is 13.7. The lowest BCUT2D eigenvalue weighted by molar-refractivity contribution is -0.132. The molecule has 1 aliphatic rings. The molecule has 0 saturated heterocycles. The van der Waals surface area contributed by atoms with E-state index in [4.69, 9.17) is 0 Å².